The van der Waals surface area contributed by atoms with Gasteiger partial charge in [-0.05, 0) is 75.1 Å². The molecule has 4 rings (SSSR count). The Morgan fingerprint density at radius 3 is 2.30 bits per heavy atom. The number of rotatable bonds is 7. The highest BCUT2D eigenvalue weighted by atomic mass is 35.5. The van der Waals surface area contributed by atoms with Gasteiger partial charge in [0.15, 0.2) is 0 Å². The first-order chi connectivity index (χ1) is 17.7. The third-order valence-corrected chi connectivity index (χ3v) is 8.61. The Morgan fingerprint density at radius 2 is 1.62 bits per heavy atom. The zero-order chi connectivity index (χ0) is 26.6. The quantitative estimate of drug-likeness (QED) is 0.434. The number of halogens is 1. The van der Waals surface area contributed by atoms with E-state index >= 15 is 0 Å². The Bertz CT molecular complexity index is 1400. The fraction of sp³-hybridized carbons (Fsp3) is 0.286. The molecule has 1 N–H and O–H groups in total. The summed E-state index contributed by atoms with van der Waals surface area (Å²) in [7, 11) is -4.09. The average molecular weight is 540 g/mol. The molecule has 1 fully saturated rings. The largest absolute Gasteiger partial charge is 0.339 e. The van der Waals surface area contributed by atoms with Gasteiger partial charge in [0.05, 0.1) is 21.8 Å². The topological polar surface area (TPSA) is 86.8 Å². The Hall–Kier alpha value is -3.36. The summed E-state index contributed by atoms with van der Waals surface area (Å²) in [5, 5.41) is 3.15. The monoisotopic (exact) mass is 539 g/mol. The van der Waals surface area contributed by atoms with E-state index in [0.717, 1.165) is 34.7 Å². The van der Waals surface area contributed by atoms with Crippen LogP contribution < -0.4 is 9.62 Å². The van der Waals surface area contributed by atoms with Gasteiger partial charge < -0.3 is 10.2 Å². The van der Waals surface area contributed by atoms with Crippen molar-refractivity contribution >= 4 is 44.8 Å². The van der Waals surface area contributed by atoms with Crippen LogP contribution in [0, 0.1) is 13.8 Å². The molecule has 1 heterocycles. The summed E-state index contributed by atoms with van der Waals surface area (Å²) in [6.07, 6.45) is 2.99. The van der Waals surface area contributed by atoms with Crippen molar-refractivity contribution in [3.05, 3.63) is 88.4 Å². The molecule has 9 heteroatoms. The highest BCUT2D eigenvalue weighted by Crippen LogP contribution is 2.28. The maximum Gasteiger partial charge on any atom is 0.264 e. The Labute approximate surface area is 223 Å². The first kappa shape index (κ1) is 26.7. The standard InChI is InChI=1S/C28H30ClN3O4S/c1-20-10-14-23(15-11-20)37(35,36)32(22-13-12-21(2)25(29)18-22)19-27(33)30-26-9-5-4-8-24(26)28(34)31-16-6-3-7-17-31/h4-5,8-15,18H,3,6-7,16-17,19H2,1-2H3,(H,30,33). The summed E-state index contributed by atoms with van der Waals surface area (Å²) in [4.78, 5) is 28.2. The number of anilines is 2. The minimum Gasteiger partial charge on any atom is -0.339 e. The number of likely N-dealkylation sites (tertiary alicyclic amines) is 1. The second-order valence-corrected chi connectivity index (χ2v) is 11.5. The van der Waals surface area contributed by atoms with E-state index in [2.05, 4.69) is 5.32 Å². The van der Waals surface area contributed by atoms with Crippen LogP contribution in [0.15, 0.2) is 71.6 Å². The number of nitrogens with one attached hydrogen (secondary N) is 1. The molecule has 0 aromatic heterocycles. The van der Waals surface area contributed by atoms with Crippen LogP contribution in [0.25, 0.3) is 0 Å². The van der Waals surface area contributed by atoms with Crippen LogP contribution in [0.2, 0.25) is 5.02 Å². The van der Waals surface area contributed by atoms with E-state index in [4.69, 9.17) is 11.6 Å². The van der Waals surface area contributed by atoms with Crippen LogP contribution in [-0.2, 0) is 14.8 Å². The van der Waals surface area contributed by atoms with Gasteiger partial charge in [-0.15, -0.1) is 0 Å². The molecule has 0 spiro atoms. The SMILES string of the molecule is Cc1ccc(S(=O)(=O)N(CC(=O)Nc2ccccc2C(=O)N2CCCCC2)c2ccc(C)c(Cl)c2)cc1. The number of carbonyl (C=O) groups is 2. The van der Waals surface area contributed by atoms with Crippen molar-refractivity contribution in [3.8, 4) is 0 Å². The van der Waals surface area contributed by atoms with Crippen LogP contribution in [0.1, 0.15) is 40.7 Å². The number of aryl methyl sites for hydroxylation is 2. The number of hydrogen-bond acceptors (Lipinski definition) is 4. The lowest BCUT2D eigenvalue weighted by Gasteiger charge is -2.28. The number of amides is 2. The first-order valence-electron chi connectivity index (χ1n) is 12.2. The maximum atomic E-state index is 13.7. The predicted octanol–water partition coefficient (Wildman–Crippen LogP) is 5.42. The lowest BCUT2D eigenvalue weighted by molar-refractivity contribution is -0.114. The normalized spacial score (nSPS) is 13.8. The van der Waals surface area contributed by atoms with Gasteiger partial charge in [0.1, 0.15) is 6.54 Å². The third kappa shape index (κ3) is 6.14. The van der Waals surface area contributed by atoms with E-state index in [1.807, 2.05) is 13.8 Å². The first-order valence-corrected chi connectivity index (χ1v) is 14.0. The van der Waals surface area contributed by atoms with Crippen molar-refractivity contribution in [2.24, 2.45) is 0 Å². The molecule has 3 aromatic carbocycles. The zero-order valence-electron chi connectivity index (χ0n) is 20.9. The van der Waals surface area contributed by atoms with E-state index in [1.54, 1.807) is 53.4 Å². The minimum atomic E-state index is -4.09. The van der Waals surface area contributed by atoms with Gasteiger partial charge in [-0.1, -0.05) is 47.5 Å². The van der Waals surface area contributed by atoms with Gasteiger partial charge in [-0.2, -0.15) is 0 Å². The van der Waals surface area contributed by atoms with E-state index in [0.29, 0.717) is 29.4 Å². The molecule has 3 aromatic rings. The molecule has 1 saturated heterocycles. The Morgan fingerprint density at radius 1 is 0.946 bits per heavy atom. The molecule has 37 heavy (non-hydrogen) atoms. The van der Waals surface area contributed by atoms with Gasteiger partial charge in [-0.25, -0.2) is 8.42 Å². The Kier molecular flexibility index (Phi) is 8.19. The molecule has 1 aliphatic rings. The van der Waals surface area contributed by atoms with Crippen LogP contribution in [-0.4, -0.2) is 44.8 Å². The van der Waals surface area contributed by atoms with Crippen LogP contribution in [0.4, 0.5) is 11.4 Å². The van der Waals surface area contributed by atoms with E-state index in [1.165, 1.54) is 18.2 Å². The van der Waals surface area contributed by atoms with Gasteiger partial charge >= 0.3 is 0 Å². The molecular formula is C28H30ClN3O4S. The number of nitrogens with zero attached hydrogens (tertiary/aromatic N) is 2. The molecule has 7 nitrogen and oxygen atoms in total. The number of hydrogen-bond donors (Lipinski definition) is 1. The van der Waals surface area contributed by atoms with Crippen molar-refractivity contribution in [2.75, 3.05) is 29.3 Å². The molecule has 194 valence electrons. The minimum absolute atomic E-state index is 0.0586. The number of benzene rings is 3. The molecule has 1 aliphatic heterocycles. The summed E-state index contributed by atoms with van der Waals surface area (Å²) in [6.45, 7) is 4.54. The van der Waals surface area contributed by atoms with E-state index in [9.17, 15) is 18.0 Å². The lowest BCUT2D eigenvalue weighted by atomic mass is 10.1. The van der Waals surface area contributed by atoms with Crippen molar-refractivity contribution in [2.45, 2.75) is 38.0 Å². The molecule has 0 bridgehead atoms. The lowest BCUT2D eigenvalue weighted by Crippen LogP contribution is -2.39. The summed E-state index contributed by atoms with van der Waals surface area (Å²) < 4.78 is 28.3. The van der Waals surface area contributed by atoms with Gasteiger partial charge in [0.25, 0.3) is 15.9 Å². The van der Waals surface area contributed by atoms with Crippen molar-refractivity contribution < 1.29 is 18.0 Å². The Balaban J connectivity index is 1.63. The zero-order valence-corrected chi connectivity index (χ0v) is 22.5. The highest BCUT2D eigenvalue weighted by molar-refractivity contribution is 7.92. The summed E-state index contributed by atoms with van der Waals surface area (Å²) in [5.74, 6) is -0.726. The predicted molar refractivity (Wildman–Crippen MR) is 147 cm³/mol. The van der Waals surface area contributed by atoms with Crippen molar-refractivity contribution in [1.29, 1.82) is 0 Å². The smallest absolute Gasteiger partial charge is 0.264 e. The van der Waals surface area contributed by atoms with Gasteiger partial charge in [0.2, 0.25) is 5.91 Å². The molecule has 0 aliphatic carbocycles. The average Bonchev–Trinajstić information content (AvgIpc) is 2.89. The summed E-state index contributed by atoms with van der Waals surface area (Å²) in [5.41, 5.74) is 2.69. The summed E-state index contributed by atoms with van der Waals surface area (Å²) in [6, 6.07) is 18.1. The molecule has 0 unspecified atom stereocenters. The summed E-state index contributed by atoms with van der Waals surface area (Å²) >= 11 is 6.31. The van der Waals surface area contributed by atoms with Crippen LogP contribution >= 0.6 is 11.6 Å². The second-order valence-electron chi connectivity index (χ2n) is 9.20. The van der Waals surface area contributed by atoms with Crippen molar-refractivity contribution in [1.82, 2.24) is 4.90 Å². The van der Waals surface area contributed by atoms with Crippen molar-refractivity contribution in [3.63, 3.8) is 0 Å². The number of para-hydroxylation sites is 1. The molecule has 0 atom stereocenters. The third-order valence-electron chi connectivity index (χ3n) is 6.41. The number of carbonyl (C=O) groups excluding carboxylic acids is 2. The van der Waals surface area contributed by atoms with E-state index in [-0.39, 0.29) is 16.5 Å². The van der Waals surface area contributed by atoms with E-state index < -0.39 is 22.5 Å². The molecular weight excluding hydrogens is 510 g/mol. The molecule has 0 radical (unpaired) electrons. The van der Waals surface area contributed by atoms with Crippen LogP contribution in [0.3, 0.4) is 0 Å². The number of piperidine rings is 1. The van der Waals surface area contributed by atoms with Crippen LogP contribution in [0.5, 0.6) is 0 Å². The molecule has 0 saturated carbocycles. The van der Waals surface area contributed by atoms with Gasteiger partial charge in [0, 0.05) is 18.1 Å². The maximum absolute atomic E-state index is 13.7. The van der Waals surface area contributed by atoms with Gasteiger partial charge in [-0.3, -0.25) is 13.9 Å². The molecule has 2 amide bonds. The number of sulfonamides is 1. The fourth-order valence-electron chi connectivity index (χ4n) is 4.26. The second kappa shape index (κ2) is 11.4. The fourth-order valence-corrected chi connectivity index (χ4v) is 5.84. The highest BCUT2D eigenvalue weighted by Gasteiger charge is 2.28.